The Hall–Kier alpha value is -2.00. The number of benzene rings is 2. The lowest BCUT2D eigenvalue weighted by atomic mass is 10.1. The van der Waals surface area contributed by atoms with E-state index in [-0.39, 0.29) is 11.9 Å². The second kappa shape index (κ2) is 7.14. The number of para-hydroxylation sites is 1. The molecular weight excluding hydrogens is 284 g/mol. The molecular formula is C17H19ClN2O. The molecule has 1 unspecified atom stereocenters. The molecule has 0 aliphatic heterocycles. The number of anilines is 1. The lowest BCUT2D eigenvalue weighted by molar-refractivity contribution is -0.119. The van der Waals surface area contributed by atoms with Crippen LogP contribution in [-0.4, -0.2) is 13.0 Å². The van der Waals surface area contributed by atoms with E-state index in [4.69, 9.17) is 11.6 Å². The first kappa shape index (κ1) is 15.4. The number of carbonyl (C=O) groups is 1. The molecule has 1 amide bonds. The Morgan fingerprint density at radius 3 is 2.52 bits per heavy atom. The van der Waals surface area contributed by atoms with E-state index >= 15 is 0 Å². The Morgan fingerprint density at radius 2 is 1.81 bits per heavy atom. The van der Waals surface area contributed by atoms with Crippen molar-refractivity contribution in [2.75, 3.05) is 12.4 Å². The van der Waals surface area contributed by atoms with Crippen LogP contribution >= 0.6 is 11.6 Å². The lowest BCUT2D eigenvalue weighted by Gasteiger charge is -2.19. The van der Waals surface area contributed by atoms with Gasteiger partial charge in [0.15, 0.2) is 0 Å². The highest BCUT2D eigenvalue weighted by Gasteiger charge is 2.12. The van der Waals surface area contributed by atoms with Crippen molar-refractivity contribution in [3.05, 3.63) is 64.7 Å². The third-order valence-electron chi connectivity index (χ3n) is 3.39. The summed E-state index contributed by atoms with van der Waals surface area (Å²) < 4.78 is 0. The number of nitrogens with one attached hydrogen (secondary N) is 2. The van der Waals surface area contributed by atoms with Crippen molar-refractivity contribution >= 4 is 23.2 Å². The minimum absolute atomic E-state index is 0.00496. The maximum atomic E-state index is 11.6. The van der Waals surface area contributed by atoms with Crippen LogP contribution in [0.4, 0.5) is 5.69 Å². The molecule has 0 aromatic heterocycles. The van der Waals surface area contributed by atoms with Gasteiger partial charge in [-0.05, 0) is 30.2 Å². The summed E-state index contributed by atoms with van der Waals surface area (Å²) in [6.07, 6.45) is 0.356. The molecule has 21 heavy (non-hydrogen) atoms. The van der Waals surface area contributed by atoms with E-state index in [0.717, 1.165) is 21.8 Å². The number of likely N-dealkylation sites (N-methyl/N-ethyl adjacent to an activating group) is 1. The van der Waals surface area contributed by atoms with Gasteiger partial charge in [0.2, 0.25) is 5.91 Å². The van der Waals surface area contributed by atoms with Crippen molar-refractivity contribution in [2.45, 2.75) is 19.4 Å². The number of hydrogen-bond donors (Lipinski definition) is 2. The second-order valence-corrected chi connectivity index (χ2v) is 5.30. The van der Waals surface area contributed by atoms with Crippen LogP contribution in [0.3, 0.4) is 0 Å². The molecule has 0 spiro atoms. The van der Waals surface area contributed by atoms with Crippen LogP contribution in [0.25, 0.3) is 0 Å². The molecule has 2 aromatic rings. The van der Waals surface area contributed by atoms with Crippen LogP contribution in [0.2, 0.25) is 5.02 Å². The minimum Gasteiger partial charge on any atom is -0.378 e. The van der Waals surface area contributed by atoms with E-state index in [1.165, 1.54) is 0 Å². The molecule has 0 aliphatic carbocycles. The number of rotatable bonds is 5. The van der Waals surface area contributed by atoms with Crippen LogP contribution in [-0.2, 0) is 11.2 Å². The molecule has 0 aliphatic rings. The first-order valence-corrected chi connectivity index (χ1v) is 7.29. The van der Waals surface area contributed by atoms with Gasteiger partial charge in [-0.2, -0.15) is 0 Å². The zero-order chi connectivity index (χ0) is 15.2. The lowest BCUT2D eigenvalue weighted by Crippen LogP contribution is -2.21. The number of hydrogen-bond acceptors (Lipinski definition) is 2. The number of amides is 1. The molecule has 0 bridgehead atoms. The van der Waals surface area contributed by atoms with Gasteiger partial charge in [0, 0.05) is 23.8 Å². The normalized spacial score (nSPS) is 11.8. The summed E-state index contributed by atoms with van der Waals surface area (Å²) in [7, 11) is 1.64. The number of halogens is 1. The summed E-state index contributed by atoms with van der Waals surface area (Å²) in [4.78, 5) is 11.6. The van der Waals surface area contributed by atoms with Crippen molar-refractivity contribution in [1.82, 2.24) is 5.32 Å². The Balaban J connectivity index is 2.19. The van der Waals surface area contributed by atoms with Gasteiger partial charge >= 0.3 is 0 Å². The third-order valence-corrected chi connectivity index (χ3v) is 3.74. The van der Waals surface area contributed by atoms with Crippen molar-refractivity contribution < 1.29 is 4.79 Å². The fourth-order valence-electron chi connectivity index (χ4n) is 2.21. The first-order valence-electron chi connectivity index (χ1n) is 6.91. The molecule has 2 N–H and O–H groups in total. The van der Waals surface area contributed by atoms with Gasteiger partial charge in [-0.3, -0.25) is 4.79 Å². The predicted molar refractivity (Wildman–Crippen MR) is 87.7 cm³/mol. The average molecular weight is 303 g/mol. The fourth-order valence-corrected chi connectivity index (χ4v) is 2.51. The second-order valence-electron chi connectivity index (χ2n) is 4.89. The Bertz CT molecular complexity index is 628. The van der Waals surface area contributed by atoms with Gasteiger partial charge in [-0.15, -0.1) is 0 Å². The number of carbonyl (C=O) groups excluding carboxylic acids is 1. The molecule has 110 valence electrons. The SMILES string of the molecule is CNC(=O)Cc1ccccc1NC(C)c1ccccc1Cl. The Kier molecular flexibility index (Phi) is 5.23. The summed E-state index contributed by atoms with van der Waals surface area (Å²) in [6.45, 7) is 2.05. The molecule has 0 saturated heterocycles. The Labute approximate surface area is 130 Å². The molecule has 0 fully saturated rings. The molecule has 0 saturated carbocycles. The summed E-state index contributed by atoms with van der Waals surface area (Å²) in [5.74, 6) is -0.00496. The highest BCUT2D eigenvalue weighted by Crippen LogP contribution is 2.27. The smallest absolute Gasteiger partial charge is 0.224 e. The third kappa shape index (κ3) is 3.99. The Morgan fingerprint density at radius 1 is 1.14 bits per heavy atom. The van der Waals surface area contributed by atoms with Crippen LogP contribution in [0.15, 0.2) is 48.5 Å². The average Bonchev–Trinajstić information content (AvgIpc) is 2.49. The standard InChI is InChI=1S/C17H19ClN2O/c1-12(14-8-4-5-9-15(14)18)20-16-10-6-3-7-13(16)11-17(21)19-2/h3-10,12,20H,11H2,1-2H3,(H,19,21). The monoisotopic (exact) mass is 302 g/mol. The van der Waals surface area contributed by atoms with Gasteiger partial charge in [-0.25, -0.2) is 0 Å². The fraction of sp³-hybridized carbons (Fsp3) is 0.235. The molecule has 2 aromatic carbocycles. The molecule has 4 heteroatoms. The maximum Gasteiger partial charge on any atom is 0.224 e. The zero-order valence-corrected chi connectivity index (χ0v) is 12.9. The van der Waals surface area contributed by atoms with Crippen molar-refractivity contribution in [3.63, 3.8) is 0 Å². The van der Waals surface area contributed by atoms with E-state index in [2.05, 4.69) is 17.6 Å². The summed E-state index contributed by atoms with van der Waals surface area (Å²) in [5, 5.41) is 6.82. The summed E-state index contributed by atoms with van der Waals surface area (Å²) in [5.41, 5.74) is 2.96. The van der Waals surface area contributed by atoms with E-state index in [9.17, 15) is 4.79 Å². The van der Waals surface area contributed by atoms with Gasteiger partial charge in [0.05, 0.1) is 6.42 Å². The molecule has 0 heterocycles. The first-order chi connectivity index (χ1) is 10.1. The van der Waals surface area contributed by atoms with Gasteiger partial charge in [-0.1, -0.05) is 48.0 Å². The van der Waals surface area contributed by atoms with Crippen LogP contribution in [0, 0.1) is 0 Å². The van der Waals surface area contributed by atoms with E-state index < -0.39 is 0 Å². The van der Waals surface area contributed by atoms with Crippen molar-refractivity contribution in [2.24, 2.45) is 0 Å². The van der Waals surface area contributed by atoms with E-state index in [1.54, 1.807) is 7.05 Å². The van der Waals surface area contributed by atoms with Crippen LogP contribution in [0.5, 0.6) is 0 Å². The van der Waals surface area contributed by atoms with Crippen molar-refractivity contribution in [3.8, 4) is 0 Å². The highest BCUT2D eigenvalue weighted by atomic mass is 35.5. The largest absolute Gasteiger partial charge is 0.378 e. The van der Waals surface area contributed by atoms with Gasteiger partial charge in [0.25, 0.3) is 0 Å². The van der Waals surface area contributed by atoms with Gasteiger partial charge < -0.3 is 10.6 Å². The highest BCUT2D eigenvalue weighted by molar-refractivity contribution is 6.31. The van der Waals surface area contributed by atoms with Gasteiger partial charge in [0.1, 0.15) is 0 Å². The molecule has 1 atom stereocenters. The topological polar surface area (TPSA) is 41.1 Å². The van der Waals surface area contributed by atoms with Crippen LogP contribution in [0.1, 0.15) is 24.1 Å². The molecule has 2 rings (SSSR count). The predicted octanol–water partition coefficient (Wildman–Crippen LogP) is 3.80. The van der Waals surface area contributed by atoms with E-state index in [1.807, 2.05) is 48.5 Å². The summed E-state index contributed by atoms with van der Waals surface area (Å²) >= 11 is 6.23. The van der Waals surface area contributed by atoms with Crippen LogP contribution < -0.4 is 10.6 Å². The summed E-state index contributed by atoms with van der Waals surface area (Å²) in [6, 6.07) is 15.6. The maximum absolute atomic E-state index is 11.6. The quantitative estimate of drug-likeness (QED) is 0.882. The zero-order valence-electron chi connectivity index (χ0n) is 12.2. The minimum atomic E-state index is -0.00496. The molecule has 3 nitrogen and oxygen atoms in total. The van der Waals surface area contributed by atoms with Crippen molar-refractivity contribution in [1.29, 1.82) is 0 Å². The van der Waals surface area contributed by atoms with E-state index in [0.29, 0.717) is 6.42 Å². The molecule has 0 radical (unpaired) electrons.